The van der Waals surface area contributed by atoms with Crippen LogP contribution in [0.3, 0.4) is 0 Å². The summed E-state index contributed by atoms with van der Waals surface area (Å²) < 4.78 is 20.1. The molecule has 0 N–H and O–H groups in total. The smallest absolute Gasteiger partial charge is 0.136 e. The quantitative estimate of drug-likeness (QED) is 0.226. The van der Waals surface area contributed by atoms with Gasteiger partial charge in [0.2, 0.25) is 0 Å². The number of para-hydroxylation sites is 2. The number of pyridine rings is 1. The van der Waals surface area contributed by atoms with Crippen LogP contribution in [0.4, 0.5) is 4.39 Å². The molecule has 3 heteroatoms. The van der Waals surface area contributed by atoms with Crippen molar-refractivity contribution < 1.29 is 8.81 Å². The molecule has 2 nitrogen and oxygen atoms in total. The zero-order valence-corrected chi connectivity index (χ0v) is 20.3. The van der Waals surface area contributed by atoms with Crippen molar-refractivity contribution in [1.29, 1.82) is 0 Å². The van der Waals surface area contributed by atoms with Crippen molar-refractivity contribution in [2.75, 3.05) is 0 Å². The monoisotopic (exact) mass is 489 g/mol. The van der Waals surface area contributed by atoms with E-state index in [1.54, 1.807) is 12.1 Å². The van der Waals surface area contributed by atoms with Crippen molar-refractivity contribution in [3.63, 3.8) is 0 Å². The van der Waals surface area contributed by atoms with Gasteiger partial charge in [0.05, 0.1) is 11.2 Å². The van der Waals surface area contributed by atoms with E-state index in [-0.39, 0.29) is 5.82 Å². The minimum atomic E-state index is -0.260. The first-order valence-corrected chi connectivity index (χ1v) is 12.7. The van der Waals surface area contributed by atoms with Gasteiger partial charge in [-0.2, -0.15) is 0 Å². The van der Waals surface area contributed by atoms with Gasteiger partial charge in [0.1, 0.15) is 17.0 Å². The molecule has 0 radical (unpaired) electrons. The third-order valence-electron chi connectivity index (χ3n) is 7.51. The number of furan rings is 1. The molecule has 0 fully saturated rings. The molecule has 38 heavy (non-hydrogen) atoms. The van der Waals surface area contributed by atoms with E-state index in [1.807, 2.05) is 30.3 Å². The first kappa shape index (κ1) is 21.1. The Kier molecular flexibility index (Phi) is 4.44. The lowest BCUT2D eigenvalue weighted by molar-refractivity contribution is 0.628. The largest absolute Gasteiger partial charge is 0.456 e. The van der Waals surface area contributed by atoms with Crippen LogP contribution in [0.15, 0.2) is 126 Å². The van der Waals surface area contributed by atoms with Crippen LogP contribution < -0.4 is 0 Å². The zero-order chi connectivity index (χ0) is 25.2. The van der Waals surface area contributed by atoms with Gasteiger partial charge in [0.25, 0.3) is 0 Å². The molecule has 0 atom stereocenters. The van der Waals surface area contributed by atoms with Crippen molar-refractivity contribution >= 4 is 54.4 Å². The number of rotatable bonds is 2. The lowest BCUT2D eigenvalue weighted by atomic mass is 9.89. The number of nitrogens with zero attached hydrogens (tertiary/aromatic N) is 1. The van der Waals surface area contributed by atoms with Crippen LogP contribution >= 0.6 is 0 Å². The van der Waals surface area contributed by atoms with Gasteiger partial charge in [-0.3, -0.25) is 0 Å². The fraction of sp³-hybridized carbons (Fsp3) is 0. The average Bonchev–Trinajstić information content (AvgIpc) is 3.34. The molecule has 2 aromatic heterocycles. The Morgan fingerprint density at radius 2 is 1.16 bits per heavy atom. The van der Waals surface area contributed by atoms with Crippen LogP contribution in [0.5, 0.6) is 0 Å². The summed E-state index contributed by atoms with van der Waals surface area (Å²) in [5.74, 6) is -0.260. The summed E-state index contributed by atoms with van der Waals surface area (Å²) >= 11 is 0. The van der Waals surface area contributed by atoms with E-state index in [2.05, 4.69) is 66.7 Å². The summed E-state index contributed by atoms with van der Waals surface area (Å²) in [6, 6.07) is 40.2. The maximum absolute atomic E-state index is 13.8. The minimum Gasteiger partial charge on any atom is -0.456 e. The molecule has 8 rings (SSSR count). The fourth-order valence-corrected chi connectivity index (χ4v) is 5.78. The summed E-state index contributed by atoms with van der Waals surface area (Å²) in [7, 11) is 0. The molecule has 0 amide bonds. The summed E-state index contributed by atoms with van der Waals surface area (Å²) in [6.07, 6.45) is 0. The highest BCUT2D eigenvalue weighted by Gasteiger charge is 2.17. The molecular weight excluding hydrogens is 469 g/mol. The van der Waals surface area contributed by atoms with Crippen molar-refractivity contribution in [3.8, 4) is 22.4 Å². The highest BCUT2D eigenvalue weighted by atomic mass is 19.1. The number of halogens is 1. The van der Waals surface area contributed by atoms with E-state index in [0.29, 0.717) is 0 Å². The molecule has 8 aromatic rings. The van der Waals surface area contributed by atoms with Gasteiger partial charge in [-0.15, -0.1) is 0 Å². The Morgan fingerprint density at radius 1 is 0.500 bits per heavy atom. The molecule has 0 saturated heterocycles. The second-order valence-corrected chi connectivity index (χ2v) is 9.69. The molecule has 2 heterocycles. The summed E-state index contributed by atoms with van der Waals surface area (Å²) in [6.45, 7) is 0. The molecule has 6 aromatic carbocycles. The standard InChI is InChI=1S/C35H20FNO/c36-23-16-13-21(14-17-23)35-30-20-29(22-15-18-26-25-8-4-6-12-32(25)38-33(26)19-22)24-7-1-2-9-27(24)34(30)28-10-3-5-11-31(28)37-35/h1-20H. The molecule has 178 valence electrons. The summed E-state index contributed by atoms with van der Waals surface area (Å²) in [5, 5.41) is 7.83. The zero-order valence-electron chi connectivity index (χ0n) is 20.3. The molecule has 0 unspecified atom stereocenters. The lowest BCUT2D eigenvalue weighted by Gasteiger charge is -2.16. The number of benzene rings is 6. The third kappa shape index (κ3) is 3.09. The van der Waals surface area contributed by atoms with E-state index in [4.69, 9.17) is 9.40 Å². The topological polar surface area (TPSA) is 26.0 Å². The first-order chi connectivity index (χ1) is 18.7. The van der Waals surface area contributed by atoms with Gasteiger partial charge >= 0.3 is 0 Å². The lowest BCUT2D eigenvalue weighted by Crippen LogP contribution is -1.93. The van der Waals surface area contributed by atoms with Gasteiger partial charge in [-0.25, -0.2) is 9.37 Å². The van der Waals surface area contributed by atoms with Crippen LogP contribution in [0.1, 0.15) is 0 Å². The van der Waals surface area contributed by atoms with E-state index in [9.17, 15) is 4.39 Å². The van der Waals surface area contributed by atoms with Crippen molar-refractivity contribution in [3.05, 3.63) is 127 Å². The van der Waals surface area contributed by atoms with Crippen LogP contribution in [-0.2, 0) is 0 Å². The van der Waals surface area contributed by atoms with E-state index < -0.39 is 0 Å². The molecule has 0 saturated carbocycles. The highest BCUT2D eigenvalue weighted by molar-refractivity contribution is 6.25. The molecule has 0 aliphatic carbocycles. The van der Waals surface area contributed by atoms with E-state index in [1.165, 1.54) is 12.1 Å². The Balaban J connectivity index is 1.50. The van der Waals surface area contributed by atoms with Crippen molar-refractivity contribution in [2.45, 2.75) is 0 Å². The number of fused-ring (bicyclic) bond motifs is 8. The Morgan fingerprint density at radius 3 is 2.00 bits per heavy atom. The number of aromatic nitrogens is 1. The normalized spacial score (nSPS) is 11.8. The first-order valence-electron chi connectivity index (χ1n) is 12.7. The van der Waals surface area contributed by atoms with Gasteiger partial charge in [0, 0.05) is 32.5 Å². The van der Waals surface area contributed by atoms with Gasteiger partial charge in [0.15, 0.2) is 0 Å². The van der Waals surface area contributed by atoms with Gasteiger partial charge in [-0.1, -0.05) is 66.7 Å². The molecule has 0 spiro atoms. The van der Waals surface area contributed by atoms with Crippen LogP contribution in [0.2, 0.25) is 0 Å². The van der Waals surface area contributed by atoms with Crippen LogP contribution in [0.25, 0.3) is 76.8 Å². The highest BCUT2D eigenvalue weighted by Crippen LogP contribution is 2.42. The Bertz CT molecular complexity index is 2190. The maximum atomic E-state index is 13.8. The van der Waals surface area contributed by atoms with Crippen LogP contribution in [0, 0.1) is 5.82 Å². The Labute approximate surface area is 217 Å². The third-order valence-corrected chi connectivity index (χ3v) is 7.51. The molecule has 0 aliphatic rings. The van der Waals surface area contributed by atoms with E-state index in [0.717, 1.165) is 76.8 Å². The average molecular weight is 490 g/mol. The second-order valence-electron chi connectivity index (χ2n) is 9.69. The fourth-order valence-electron chi connectivity index (χ4n) is 5.78. The number of hydrogen-bond donors (Lipinski definition) is 0. The molecular formula is C35H20FNO. The van der Waals surface area contributed by atoms with Crippen LogP contribution in [-0.4, -0.2) is 4.98 Å². The second kappa shape index (κ2) is 7.99. The predicted molar refractivity (Wildman–Crippen MR) is 155 cm³/mol. The summed E-state index contributed by atoms with van der Waals surface area (Å²) in [5.41, 5.74) is 6.58. The summed E-state index contributed by atoms with van der Waals surface area (Å²) in [4.78, 5) is 5.08. The Hall–Kier alpha value is -5.02. The SMILES string of the molecule is Fc1ccc(-c2nc3ccccc3c3c2cc(-c2ccc4c(c2)oc2ccccc24)c2ccccc23)cc1. The maximum Gasteiger partial charge on any atom is 0.136 e. The van der Waals surface area contributed by atoms with Crippen molar-refractivity contribution in [1.82, 2.24) is 4.98 Å². The predicted octanol–water partition coefficient (Wildman–Crippen LogP) is 9.91. The molecule has 0 aliphatic heterocycles. The molecule has 0 bridgehead atoms. The van der Waals surface area contributed by atoms with E-state index >= 15 is 0 Å². The number of hydrogen-bond acceptors (Lipinski definition) is 2. The van der Waals surface area contributed by atoms with Crippen molar-refractivity contribution in [2.24, 2.45) is 0 Å². The van der Waals surface area contributed by atoms with Gasteiger partial charge < -0.3 is 4.42 Å². The van der Waals surface area contributed by atoms with Gasteiger partial charge in [-0.05, 0) is 76.5 Å². The minimum absolute atomic E-state index is 0.260.